The smallest absolute Gasteiger partial charge is 0.236 e. The van der Waals surface area contributed by atoms with E-state index in [-0.39, 0.29) is 17.9 Å². The van der Waals surface area contributed by atoms with Crippen LogP contribution in [0.4, 0.5) is 0 Å². The number of carbonyl (C=O) groups is 2. The second kappa shape index (κ2) is 8.51. The van der Waals surface area contributed by atoms with Gasteiger partial charge in [-0.2, -0.15) is 0 Å². The zero-order chi connectivity index (χ0) is 18.5. The van der Waals surface area contributed by atoms with Gasteiger partial charge in [0.2, 0.25) is 11.8 Å². The molecule has 2 aliphatic rings. The predicted molar refractivity (Wildman–Crippen MR) is 99.0 cm³/mol. The number of para-hydroxylation sites is 1. The van der Waals surface area contributed by atoms with Crippen molar-refractivity contribution in [2.75, 3.05) is 59.5 Å². The number of carbonyl (C=O) groups excluding carboxylic acids is 2. The van der Waals surface area contributed by atoms with Crippen LogP contribution in [0.3, 0.4) is 0 Å². The Kier molecular flexibility index (Phi) is 6.11. The standard InChI is InChI=1S/C19H28N4O3/c1-15(24)21-9-11-22(12-10-21)19(25)14-23-8-7-20-13-17(23)16-5-3-4-6-18(16)26-2/h3-6,17,20H,7-14H2,1-2H3. The minimum atomic E-state index is 0.0791. The average molecular weight is 360 g/mol. The molecule has 2 amide bonds. The van der Waals surface area contributed by atoms with E-state index in [9.17, 15) is 9.59 Å². The monoisotopic (exact) mass is 360 g/mol. The van der Waals surface area contributed by atoms with E-state index < -0.39 is 0 Å². The van der Waals surface area contributed by atoms with Crippen molar-refractivity contribution in [3.05, 3.63) is 29.8 Å². The van der Waals surface area contributed by atoms with E-state index in [2.05, 4.69) is 16.3 Å². The molecule has 0 radical (unpaired) electrons. The van der Waals surface area contributed by atoms with Crippen LogP contribution in [0.15, 0.2) is 24.3 Å². The van der Waals surface area contributed by atoms with Crippen LogP contribution in [0.1, 0.15) is 18.5 Å². The minimum absolute atomic E-state index is 0.0791. The molecule has 1 aromatic carbocycles. The highest BCUT2D eigenvalue weighted by Gasteiger charge is 2.30. The fraction of sp³-hybridized carbons (Fsp3) is 0.579. The summed E-state index contributed by atoms with van der Waals surface area (Å²) in [4.78, 5) is 30.2. The number of hydrogen-bond acceptors (Lipinski definition) is 5. The Bertz CT molecular complexity index is 643. The molecule has 142 valence electrons. The van der Waals surface area contributed by atoms with Gasteiger partial charge in [-0.25, -0.2) is 0 Å². The van der Waals surface area contributed by atoms with Crippen molar-refractivity contribution in [3.63, 3.8) is 0 Å². The summed E-state index contributed by atoms with van der Waals surface area (Å²) in [6.45, 7) is 6.94. The molecule has 2 fully saturated rings. The Labute approximate surface area is 154 Å². The number of methoxy groups -OCH3 is 1. The molecular formula is C19H28N4O3. The highest BCUT2D eigenvalue weighted by Crippen LogP contribution is 2.30. The van der Waals surface area contributed by atoms with Crippen molar-refractivity contribution < 1.29 is 14.3 Å². The van der Waals surface area contributed by atoms with Crippen molar-refractivity contribution in [2.24, 2.45) is 0 Å². The fourth-order valence-corrected chi connectivity index (χ4v) is 3.73. The number of ether oxygens (including phenoxy) is 1. The van der Waals surface area contributed by atoms with Crippen LogP contribution in [0.2, 0.25) is 0 Å². The second-order valence-electron chi connectivity index (χ2n) is 6.82. The van der Waals surface area contributed by atoms with Crippen molar-refractivity contribution in [2.45, 2.75) is 13.0 Å². The molecule has 1 N–H and O–H groups in total. The van der Waals surface area contributed by atoms with E-state index in [0.29, 0.717) is 32.7 Å². The Morgan fingerprint density at radius 2 is 1.81 bits per heavy atom. The number of rotatable bonds is 4. The van der Waals surface area contributed by atoms with Crippen LogP contribution in [0.5, 0.6) is 5.75 Å². The molecule has 0 bridgehead atoms. The molecule has 1 aromatic rings. The highest BCUT2D eigenvalue weighted by molar-refractivity contribution is 5.79. The van der Waals surface area contributed by atoms with Gasteiger partial charge in [-0.15, -0.1) is 0 Å². The molecule has 1 atom stereocenters. The van der Waals surface area contributed by atoms with Gasteiger partial charge in [0, 0.05) is 58.3 Å². The molecule has 2 saturated heterocycles. The molecule has 7 nitrogen and oxygen atoms in total. The normalized spacial score (nSPS) is 21.5. The Balaban J connectivity index is 1.65. The molecule has 2 aliphatic heterocycles. The van der Waals surface area contributed by atoms with Gasteiger partial charge in [0.05, 0.1) is 19.7 Å². The van der Waals surface area contributed by atoms with Crippen molar-refractivity contribution in [1.29, 1.82) is 0 Å². The summed E-state index contributed by atoms with van der Waals surface area (Å²) in [6, 6.07) is 8.11. The van der Waals surface area contributed by atoms with Crippen LogP contribution in [-0.2, 0) is 9.59 Å². The SMILES string of the molecule is COc1ccccc1C1CNCCN1CC(=O)N1CCN(C(C)=O)CC1. The van der Waals surface area contributed by atoms with Crippen molar-refractivity contribution >= 4 is 11.8 Å². The molecule has 26 heavy (non-hydrogen) atoms. The topological polar surface area (TPSA) is 65.1 Å². The van der Waals surface area contributed by atoms with E-state index in [1.165, 1.54) is 0 Å². The molecule has 3 rings (SSSR count). The summed E-state index contributed by atoms with van der Waals surface area (Å²) in [6.07, 6.45) is 0. The van der Waals surface area contributed by atoms with Gasteiger partial charge in [-0.1, -0.05) is 18.2 Å². The quantitative estimate of drug-likeness (QED) is 0.838. The van der Waals surface area contributed by atoms with Gasteiger partial charge in [0.1, 0.15) is 5.75 Å². The van der Waals surface area contributed by atoms with Gasteiger partial charge in [0.25, 0.3) is 0 Å². The summed E-state index contributed by atoms with van der Waals surface area (Å²) in [5.74, 6) is 1.07. The van der Waals surface area contributed by atoms with Gasteiger partial charge >= 0.3 is 0 Å². The molecule has 0 saturated carbocycles. The molecule has 0 aliphatic carbocycles. The number of hydrogen-bond donors (Lipinski definition) is 1. The number of nitrogens with one attached hydrogen (secondary N) is 1. The highest BCUT2D eigenvalue weighted by atomic mass is 16.5. The third kappa shape index (κ3) is 4.16. The molecule has 2 heterocycles. The molecule has 0 spiro atoms. The van der Waals surface area contributed by atoms with E-state index in [1.807, 2.05) is 23.1 Å². The first kappa shape index (κ1) is 18.7. The van der Waals surface area contributed by atoms with Crippen LogP contribution >= 0.6 is 0 Å². The lowest BCUT2D eigenvalue weighted by Crippen LogP contribution is -2.54. The fourth-order valence-electron chi connectivity index (χ4n) is 3.73. The van der Waals surface area contributed by atoms with Crippen LogP contribution in [-0.4, -0.2) is 86.0 Å². The number of piperazine rings is 2. The molecule has 1 unspecified atom stereocenters. The molecule has 7 heteroatoms. The lowest BCUT2D eigenvalue weighted by molar-refractivity contribution is -0.139. The average Bonchev–Trinajstić information content (AvgIpc) is 2.68. The maximum absolute atomic E-state index is 12.8. The van der Waals surface area contributed by atoms with Gasteiger partial charge < -0.3 is 19.9 Å². The summed E-state index contributed by atoms with van der Waals surface area (Å²) < 4.78 is 5.52. The van der Waals surface area contributed by atoms with Crippen molar-refractivity contribution in [3.8, 4) is 5.75 Å². The van der Waals surface area contributed by atoms with Crippen LogP contribution < -0.4 is 10.1 Å². The number of nitrogens with zero attached hydrogens (tertiary/aromatic N) is 3. The van der Waals surface area contributed by atoms with E-state index >= 15 is 0 Å². The summed E-state index contributed by atoms with van der Waals surface area (Å²) in [5.41, 5.74) is 1.11. The first-order chi connectivity index (χ1) is 12.6. The molecular weight excluding hydrogens is 332 g/mol. The summed E-state index contributed by atoms with van der Waals surface area (Å²) in [7, 11) is 1.68. The minimum Gasteiger partial charge on any atom is -0.496 e. The first-order valence-electron chi connectivity index (χ1n) is 9.21. The van der Waals surface area contributed by atoms with Crippen LogP contribution in [0.25, 0.3) is 0 Å². The predicted octanol–water partition coefficient (Wildman–Crippen LogP) is 0.332. The first-order valence-corrected chi connectivity index (χ1v) is 9.21. The lowest BCUT2D eigenvalue weighted by atomic mass is 10.0. The second-order valence-corrected chi connectivity index (χ2v) is 6.82. The van der Waals surface area contributed by atoms with Crippen molar-refractivity contribution in [1.82, 2.24) is 20.0 Å². The maximum Gasteiger partial charge on any atom is 0.236 e. The maximum atomic E-state index is 12.8. The van der Waals surface area contributed by atoms with Crippen LogP contribution in [0, 0.1) is 0 Å². The summed E-state index contributed by atoms with van der Waals surface area (Å²) >= 11 is 0. The third-order valence-electron chi connectivity index (χ3n) is 5.27. The third-order valence-corrected chi connectivity index (χ3v) is 5.27. The van der Waals surface area contributed by atoms with E-state index in [0.717, 1.165) is 30.9 Å². The number of benzene rings is 1. The van der Waals surface area contributed by atoms with Gasteiger partial charge in [-0.05, 0) is 6.07 Å². The van der Waals surface area contributed by atoms with E-state index in [4.69, 9.17) is 4.74 Å². The Morgan fingerprint density at radius 3 is 2.50 bits per heavy atom. The largest absolute Gasteiger partial charge is 0.496 e. The lowest BCUT2D eigenvalue weighted by Gasteiger charge is -2.39. The number of amides is 2. The van der Waals surface area contributed by atoms with Gasteiger partial charge in [0.15, 0.2) is 0 Å². The van der Waals surface area contributed by atoms with E-state index in [1.54, 1.807) is 18.9 Å². The zero-order valence-corrected chi connectivity index (χ0v) is 15.6. The van der Waals surface area contributed by atoms with Gasteiger partial charge in [-0.3, -0.25) is 14.5 Å². The Hall–Kier alpha value is -2.12. The molecule has 0 aromatic heterocycles. The zero-order valence-electron chi connectivity index (χ0n) is 15.6. The Morgan fingerprint density at radius 1 is 1.12 bits per heavy atom. The summed E-state index contributed by atoms with van der Waals surface area (Å²) in [5, 5.41) is 3.42.